The first-order valence-corrected chi connectivity index (χ1v) is 9.77. The number of ketones is 1. The lowest BCUT2D eigenvalue weighted by Crippen LogP contribution is -2.03. The SMILES string of the molecule is O=C(c1ccc(Br)cc1)c1cc(-c2ccccc2)nc2[nH]c3ccccc3c12. The van der Waals surface area contributed by atoms with Gasteiger partial charge in [0.1, 0.15) is 5.65 Å². The van der Waals surface area contributed by atoms with Crippen LogP contribution in [-0.2, 0) is 0 Å². The molecular formula is C24H15BrN2O. The summed E-state index contributed by atoms with van der Waals surface area (Å²) in [5, 5.41) is 1.87. The molecule has 1 N–H and O–H groups in total. The maximum Gasteiger partial charge on any atom is 0.193 e. The minimum absolute atomic E-state index is 0.0122. The number of halogens is 1. The van der Waals surface area contributed by atoms with E-state index in [2.05, 4.69) is 20.9 Å². The first-order chi connectivity index (χ1) is 13.7. The zero-order chi connectivity index (χ0) is 19.1. The average Bonchev–Trinajstić information content (AvgIpc) is 3.12. The predicted octanol–water partition coefficient (Wildman–Crippen LogP) is 6.38. The number of para-hydroxylation sites is 1. The second-order valence-electron chi connectivity index (χ2n) is 6.65. The Bertz CT molecular complexity index is 1320. The molecule has 0 aliphatic carbocycles. The number of aromatic amines is 1. The van der Waals surface area contributed by atoms with Gasteiger partial charge in [-0.3, -0.25) is 4.79 Å². The minimum atomic E-state index is -0.0122. The number of nitrogens with one attached hydrogen (secondary N) is 1. The second kappa shape index (κ2) is 6.73. The van der Waals surface area contributed by atoms with Crippen LogP contribution in [0.5, 0.6) is 0 Å². The quantitative estimate of drug-likeness (QED) is 0.340. The van der Waals surface area contributed by atoms with Crippen molar-refractivity contribution in [2.24, 2.45) is 0 Å². The van der Waals surface area contributed by atoms with Crippen molar-refractivity contribution in [1.82, 2.24) is 9.97 Å². The number of H-pyrrole nitrogens is 1. The molecule has 0 saturated carbocycles. The molecule has 0 bridgehead atoms. The molecule has 0 radical (unpaired) electrons. The number of carbonyl (C=O) groups is 1. The number of fused-ring (bicyclic) bond motifs is 3. The lowest BCUT2D eigenvalue weighted by molar-refractivity contribution is 0.104. The molecule has 2 aromatic heterocycles. The summed E-state index contributed by atoms with van der Waals surface area (Å²) in [5.41, 5.74) is 4.76. The Kier molecular flexibility index (Phi) is 4.06. The average molecular weight is 427 g/mol. The van der Waals surface area contributed by atoms with Gasteiger partial charge in [0.2, 0.25) is 0 Å². The van der Waals surface area contributed by atoms with E-state index in [1.165, 1.54) is 0 Å². The lowest BCUT2D eigenvalue weighted by Gasteiger charge is -2.08. The van der Waals surface area contributed by atoms with Crippen LogP contribution in [0.3, 0.4) is 0 Å². The van der Waals surface area contributed by atoms with Crippen molar-refractivity contribution < 1.29 is 4.79 Å². The van der Waals surface area contributed by atoms with E-state index in [1.54, 1.807) is 0 Å². The van der Waals surface area contributed by atoms with E-state index < -0.39 is 0 Å². The Morgan fingerprint density at radius 1 is 0.857 bits per heavy atom. The monoisotopic (exact) mass is 426 g/mol. The molecule has 3 nitrogen and oxygen atoms in total. The fourth-order valence-electron chi connectivity index (χ4n) is 3.54. The summed E-state index contributed by atoms with van der Waals surface area (Å²) in [5.74, 6) is -0.0122. The smallest absolute Gasteiger partial charge is 0.193 e. The van der Waals surface area contributed by atoms with Crippen molar-refractivity contribution in [2.75, 3.05) is 0 Å². The summed E-state index contributed by atoms with van der Waals surface area (Å²) in [4.78, 5) is 21.6. The van der Waals surface area contributed by atoms with Crippen molar-refractivity contribution >= 4 is 43.6 Å². The van der Waals surface area contributed by atoms with Crippen LogP contribution in [0.15, 0.2) is 89.4 Å². The highest BCUT2D eigenvalue weighted by Crippen LogP contribution is 2.32. The Balaban J connectivity index is 1.81. The molecule has 134 valence electrons. The van der Waals surface area contributed by atoms with Crippen molar-refractivity contribution in [3.05, 3.63) is 101 Å². The molecule has 0 fully saturated rings. The van der Waals surface area contributed by atoms with Crippen molar-refractivity contribution in [2.45, 2.75) is 0 Å². The van der Waals surface area contributed by atoms with Gasteiger partial charge < -0.3 is 4.98 Å². The molecule has 2 heterocycles. The van der Waals surface area contributed by atoms with Gasteiger partial charge in [-0.1, -0.05) is 64.5 Å². The predicted molar refractivity (Wildman–Crippen MR) is 117 cm³/mol. The van der Waals surface area contributed by atoms with E-state index in [0.29, 0.717) is 11.1 Å². The normalized spacial score (nSPS) is 11.2. The maximum absolute atomic E-state index is 13.4. The zero-order valence-corrected chi connectivity index (χ0v) is 16.4. The van der Waals surface area contributed by atoms with Crippen LogP contribution in [0.4, 0.5) is 0 Å². The number of aromatic nitrogens is 2. The molecule has 4 heteroatoms. The molecule has 0 amide bonds. The highest BCUT2D eigenvalue weighted by Gasteiger charge is 2.19. The number of nitrogens with zero attached hydrogens (tertiary/aromatic N) is 1. The summed E-state index contributed by atoms with van der Waals surface area (Å²) in [7, 11) is 0. The van der Waals surface area contributed by atoms with E-state index in [9.17, 15) is 4.79 Å². The van der Waals surface area contributed by atoms with Gasteiger partial charge in [-0.15, -0.1) is 0 Å². The van der Waals surface area contributed by atoms with E-state index in [0.717, 1.165) is 37.7 Å². The molecule has 28 heavy (non-hydrogen) atoms. The number of hydrogen-bond donors (Lipinski definition) is 1. The highest BCUT2D eigenvalue weighted by atomic mass is 79.9. The fourth-order valence-corrected chi connectivity index (χ4v) is 3.80. The highest BCUT2D eigenvalue weighted by molar-refractivity contribution is 9.10. The summed E-state index contributed by atoms with van der Waals surface area (Å²) < 4.78 is 0.945. The minimum Gasteiger partial charge on any atom is -0.339 e. The lowest BCUT2D eigenvalue weighted by atomic mass is 9.97. The molecular weight excluding hydrogens is 412 g/mol. The summed E-state index contributed by atoms with van der Waals surface area (Å²) in [6, 6.07) is 27.3. The Labute approximate surface area is 170 Å². The van der Waals surface area contributed by atoms with Crippen LogP contribution < -0.4 is 0 Å². The molecule has 0 spiro atoms. The number of hydrogen-bond acceptors (Lipinski definition) is 2. The number of benzene rings is 3. The number of pyridine rings is 1. The first kappa shape index (κ1) is 16.9. The van der Waals surface area contributed by atoms with Crippen LogP contribution in [0.25, 0.3) is 33.2 Å². The van der Waals surface area contributed by atoms with Gasteiger partial charge >= 0.3 is 0 Å². The summed E-state index contributed by atoms with van der Waals surface area (Å²) in [6.07, 6.45) is 0. The van der Waals surface area contributed by atoms with E-state index in [4.69, 9.17) is 4.98 Å². The standard InChI is InChI=1S/C24H15BrN2O/c25-17-12-10-16(11-13-17)23(28)19-14-21(15-6-2-1-3-7-15)27-24-22(19)18-8-4-5-9-20(18)26-24/h1-14H,(H,26,27). The van der Waals surface area contributed by atoms with E-state index in [-0.39, 0.29) is 5.78 Å². The summed E-state index contributed by atoms with van der Waals surface area (Å²) >= 11 is 3.43. The van der Waals surface area contributed by atoms with Crippen LogP contribution in [0.1, 0.15) is 15.9 Å². The summed E-state index contributed by atoms with van der Waals surface area (Å²) in [6.45, 7) is 0. The largest absolute Gasteiger partial charge is 0.339 e. The molecule has 0 saturated heterocycles. The van der Waals surface area contributed by atoms with Crippen LogP contribution in [0.2, 0.25) is 0 Å². The third-order valence-corrected chi connectivity index (χ3v) is 5.42. The Morgan fingerprint density at radius 2 is 1.57 bits per heavy atom. The second-order valence-corrected chi connectivity index (χ2v) is 7.57. The molecule has 0 atom stereocenters. The van der Waals surface area contributed by atoms with Gasteiger partial charge in [0.15, 0.2) is 5.78 Å². The van der Waals surface area contributed by atoms with Gasteiger partial charge in [-0.25, -0.2) is 4.98 Å². The number of rotatable bonds is 3. The van der Waals surface area contributed by atoms with Crippen LogP contribution in [0, 0.1) is 0 Å². The third kappa shape index (κ3) is 2.83. The van der Waals surface area contributed by atoms with Crippen LogP contribution in [-0.4, -0.2) is 15.8 Å². The van der Waals surface area contributed by atoms with Gasteiger partial charge in [0.25, 0.3) is 0 Å². The van der Waals surface area contributed by atoms with Crippen molar-refractivity contribution in [3.63, 3.8) is 0 Å². The van der Waals surface area contributed by atoms with Crippen molar-refractivity contribution in [1.29, 1.82) is 0 Å². The maximum atomic E-state index is 13.4. The molecule has 5 rings (SSSR count). The molecule has 3 aromatic carbocycles. The molecule has 0 aliphatic rings. The fraction of sp³-hybridized carbons (Fsp3) is 0. The number of carbonyl (C=O) groups excluding carboxylic acids is 1. The van der Waals surface area contributed by atoms with E-state index in [1.807, 2.05) is 84.9 Å². The van der Waals surface area contributed by atoms with Gasteiger partial charge in [0, 0.05) is 37.5 Å². The van der Waals surface area contributed by atoms with Gasteiger partial charge in [-0.2, -0.15) is 0 Å². The topological polar surface area (TPSA) is 45.8 Å². The molecule has 0 aliphatic heterocycles. The first-order valence-electron chi connectivity index (χ1n) is 8.98. The Morgan fingerprint density at radius 3 is 2.36 bits per heavy atom. The van der Waals surface area contributed by atoms with Crippen LogP contribution >= 0.6 is 15.9 Å². The molecule has 5 aromatic rings. The van der Waals surface area contributed by atoms with E-state index >= 15 is 0 Å². The van der Waals surface area contributed by atoms with Crippen molar-refractivity contribution in [3.8, 4) is 11.3 Å². The molecule has 0 unspecified atom stereocenters. The van der Waals surface area contributed by atoms with Gasteiger partial charge in [0.05, 0.1) is 5.69 Å². The third-order valence-electron chi connectivity index (χ3n) is 4.89. The van der Waals surface area contributed by atoms with Gasteiger partial charge in [-0.05, 0) is 36.4 Å². The Hall–Kier alpha value is -3.24. The zero-order valence-electron chi connectivity index (χ0n) is 14.8.